The monoisotopic (exact) mass is 354 g/mol. The Morgan fingerprint density at radius 2 is 1.38 bits per heavy atom. The molecule has 0 aromatic heterocycles. The molecule has 1 atom stereocenters. The number of carboxylic acid groups (broad SMARTS) is 1. The van der Waals surface area contributed by atoms with Gasteiger partial charge in [-0.15, -0.1) is 0 Å². The Morgan fingerprint density at radius 3 is 1.81 bits per heavy atom. The molecule has 0 aliphatic rings. The first-order chi connectivity index (χ1) is 12.5. The molecular weight excluding hydrogens is 330 g/mol. The van der Waals surface area contributed by atoms with Crippen LogP contribution in [0.2, 0.25) is 0 Å². The molecule has 0 spiro atoms. The molecule has 0 heterocycles. The molecule has 0 amide bonds. The number of carbonyl (C=O) groups is 2. The van der Waals surface area contributed by atoms with E-state index >= 15 is 0 Å². The number of carboxylic acids is 1. The lowest BCUT2D eigenvalue weighted by atomic mass is 9.88. The molecule has 2 aromatic carbocycles. The fourth-order valence-corrected chi connectivity index (χ4v) is 3.05. The summed E-state index contributed by atoms with van der Waals surface area (Å²) in [5.41, 5.74) is 2.31. The van der Waals surface area contributed by atoms with E-state index in [1.54, 1.807) is 0 Å². The highest BCUT2D eigenvalue weighted by molar-refractivity contribution is 5.95. The van der Waals surface area contributed by atoms with E-state index in [4.69, 9.17) is 0 Å². The molecule has 26 heavy (non-hydrogen) atoms. The minimum atomic E-state index is -1.39. The summed E-state index contributed by atoms with van der Waals surface area (Å²) in [5, 5.41) is 22.2. The Balaban J connectivity index is 1.99. The number of hydrogen-bond acceptors (Lipinski definition) is 5. The molecule has 0 fully saturated rings. The number of hydrogen-bond donors (Lipinski definition) is 1. The van der Waals surface area contributed by atoms with Gasteiger partial charge < -0.3 is 15.1 Å². The van der Waals surface area contributed by atoms with Crippen LogP contribution in [0.4, 0.5) is 0 Å². The molecule has 0 bridgehead atoms. The molecule has 138 valence electrons. The van der Waals surface area contributed by atoms with Crippen molar-refractivity contribution in [3.63, 3.8) is 0 Å². The van der Waals surface area contributed by atoms with Gasteiger partial charge in [0, 0.05) is 19.0 Å². The van der Waals surface area contributed by atoms with Crippen LogP contribution in [0.3, 0.4) is 0 Å². The lowest BCUT2D eigenvalue weighted by Gasteiger charge is -2.23. The summed E-state index contributed by atoms with van der Waals surface area (Å²) in [6.07, 6.45) is 0.704. The van der Waals surface area contributed by atoms with Crippen LogP contribution in [-0.4, -0.2) is 35.1 Å². The number of rotatable bonds is 10. The molecule has 1 unspecified atom stereocenters. The van der Waals surface area contributed by atoms with Gasteiger partial charge in [-0.3, -0.25) is 4.79 Å². The lowest BCUT2D eigenvalue weighted by Crippen LogP contribution is -2.37. The molecule has 0 saturated heterocycles. The third-order valence-corrected chi connectivity index (χ3v) is 4.53. The van der Waals surface area contributed by atoms with Gasteiger partial charge in [-0.1, -0.05) is 60.7 Å². The number of aliphatic carboxylic acids is 1. The predicted octanol–water partition coefficient (Wildman–Crippen LogP) is 2.25. The van der Waals surface area contributed by atoms with Crippen LogP contribution in [0.25, 0.3) is 0 Å². The third kappa shape index (κ3) is 5.79. The second-order valence-corrected chi connectivity index (χ2v) is 6.39. The van der Waals surface area contributed by atoms with E-state index in [0.717, 1.165) is 16.2 Å². The van der Waals surface area contributed by atoms with Crippen LogP contribution in [0, 0.1) is 5.92 Å². The fourth-order valence-electron chi connectivity index (χ4n) is 3.05. The quantitative estimate of drug-likeness (QED) is 0.523. The summed E-state index contributed by atoms with van der Waals surface area (Å²) in [6.45, 7) is 1.70. The summed E-state index contributed by atoms with van der Waals surface area (Å²) in [5.74, 6) is -2.90. The minimum Gasteiger partial charge on any atom is -0.549 e. The van der Waals surface area contributed by atoms with E-state index < -0.39 is 17.7 Å². The van der Waals surface area contributed by atoms with Gasteiger partial charge in [-0.2, -0.15) is 5.06 Å². The summed E-state index contributed by atoms with van der Waals surface area (Å²) in [7, 11) is 0. The third-order valence-electron chi connectivity index (χ3n) is 4.53. The van der Waals surface area contributed by atoms with E-state index in [1.165, 1.54) is 6.92 Å². The van der Waals surface area contributed by atoms with Crippen molar-refractivity contribution in [2.75, 3.05) is 13.1 Å². The second-order valence-electron chi connectivity index (χ2n) is 6.39. The van der Waals surface area contributed by atoms with Crippen molar-refractivity contribution in [1.82, 2.24) is 5.06 Å². The number of nitrogens with zero attached hydrogens (tertiary/aromatic N) is 1. The number of ketones is 1. The van der Waals surface area contributed by atoms with Gasteiger partial charge in [0.2, 0.25) is 0 Å². The highest BCUT2D eigenvalue weighted by Crippen LogP contribution is 2.28. The van der Waals surface area contributed by atoms with Crippen LogP contribution < -0.4 is 5.11 Å². The molecule has 5 nitrogen and oxygen atoms in total. The number of hydroxylamine groups is 2. The van der Waals surface area contributed by atoms with E-state index in [-0.39, 0.29) is 18.9 Å². The van der Waals surface area contributed by atoms with Gasteiger partial charge in [-0.05, 0) is 30.9 Å². The fraction of sp³-hybridized carbons (Fsp3) is 0.333. The maximum atomic E-state index is 11.3. The highest BCUT2D eigenvalue weighted by Gasteiger charge is 2.18. The van der Waals surface area contributed by atoms with Gasteiger partial charge in [0.15, 0.2) is 0 Å². The molecule has 1 N–H and O–H groups in total. The largest absolute Gasteiger partial charge is 0.549 e. The second kappa shape index (κ2) is 9.85. The van der Waals surface area contributed by atoms with Gasteiger partial charge in [0.1, 0.15) is 5.78 Å². The minimum absolute atomic E-state index is 0.0372. The van der Waals surface area contributed by atoms with Crippen molar-refractivity contribution in [3.05, 3.63) is 71.8 Å². The van der Waals surface area contributed by atoms with Crippen molar-refractivity contribution in [1.29, 1.82) is 0 Å². The van der Waals surface area contributed by atoms with Crippen LogP contribution in [0.5, 0.6) is 0 Å². The Bertz CT molecular complexity index is 649. The summed E-state index contributed by atoms with van der Waals surface area (Å²) < 4.78 is 0. The van der Waals surface area contributed by atoms with Crippen LogP contribution in [0.15, 0.2) is 60.7 Å². The number of carbonyl (C=O) groups excluding carboxylic acids is 2. The van der Waals surface area contributed by atoms with Crippen molar-refractivity contribution in [3.8, 4) is 0 Å². The zero-order valence-electron chi connectivity index (χ0n) is 14.9. The van der Waals surface area contributed by atoms with Crippen molar-refractivity contribution >= 4 is 11.8 Å². The first kappa shape index (κ1) is 19.8. The van der Waals surface area contributed by atoms with Crippen molar-refractivity contribution in [2.24, 2.45) is 5.92 Å². The SMILES string of the molecule is CC(=O)C(CCN(O)CCC(c1ccccc1)c1ccccc1)C(=O)[O-]. The standard InChI is InChI=1S/C21H25NO4/c1-16(23)19(21(24)25)12-14-22(26)15-13-20(17-8-4-2-5-9-17)18-10-6-3-7-11-18/h2-11,19-20,26H,12-15H2,1H3,(H,24,25)/p-1. The molecule has 5 heteroatoms. The van der Waals surface area contributed by atoms with Gasteiger partial charge in [0.05, 0.1) is 11.9 Å². The highest BCUT2D eigenvalue weighted by atomic mass is 16.5. The summed E-state index contributed by atoms with van der Waals surface area (Å²) in [4.78, 5) is 22.3. The first-order valence-corrected chi connectivity index (χ1v) is 8.74. The Labute approximate surface area is 153 Å². The Morgan fingerprint density at radius 1 is 0.923 bits per heavy atom. The maximum Gasteiger partial charge on any atom is 0.138 e. The lowest BCUT2D eigenvalue weighted by molar-refractivity contribution is -0.310. The number of Topliss-reactive ketones (excluding diaryl/α,β-unsaturated/α-hetero) is 1. The molecule has 0 saturated carbocycles. The molecule has 0 radical (unpaired) electrons. The zero-order valence-corrected chi connectivity index (χ0v) is 14.9. The number of benzene rings is 2. The van der Waals surface area contributed by atoms with Crippen molar-refractivity contribution in [2.45, 2.75) is 25.7 Å². The molecule has 0 aliphatic heterocycles. The first-order valence-electron chi connectivity index (χ1n) is 8.74. The van der Waals surface area contributed by atoms with Crippen LogP contribution in [0.1, 0.15) is 36.8 Å². The Kier molecular flexibility index (Phi) is 7.51. The van der Waals surface area contributed by atoms with E-state index in [2.05, 4.69) is 24.3 Å². The Hall–Kier alpha value is -2.50. The maximum absolute atomic E-state index is 11.3. The molecule has 0 aliphatic carbocycles. The normalized spacial score (nSPS) is 12.3. The van der Waals surface area contributed by atoms with Gasteiger partial charge >= 0.3 is 0 Å². The van der Waals surface area contributed by atoms with Crippen molar-refractivity contribution < 1.29 is 19.9 Å². The summed E-state index contributed by atoms with van der Waals surface area (Å²) in [6, 6.07) is 20.1. The zero-order chi connectivity index (χ0) is 18.9. The smallest absolute Gasteiger partial charge is 0.138 e. The molecule has 2 rings (SSSR count). The van der Waals surface area contributed by atoms with Gasteiger partial charge in [-0.25, -0.2) is 0 Å². The molecule has 2 aromatic rings. The average Bonchev–Trinajstić information content (AvgIpc) is 2.63. The predicted molar refractivity (Wildman–Crippen MR) is 96.5 cm³/mol. The van der Waals surface area contributed by atoms with Gasteiger partial charge in [0.25, 0.3) is 0 Å². The summed E-state index contributed by atoms with van der Waals surface area (Å²) >= 11 is 0. The van der Waals surface area contributed by atoms with E-state index in [1.807, 2.05) is 36.4 Å². The van der Waals surface area contributed by atoms with E-state index in [0.29, 0.717) is 13.0 Å². The van der Waals surface area contributed by atoms with Crippen LogP contribution >= 0.6 is 0 Å². The topological polar surface area (TPSA) is 80.7 Å². The van der Waals surface area contributed by atoms with Crippen LogP contribution in [-0.2, 0) is 9.59 Å². The molecular formula is C21H24NO4-. The van der Waals surface area contributed by atoms with E-state index in [9.17, 15) is 19.9 Å². The average molecular weight is 354 g/mol.